The van der Waals surface area contributed by atoms with E-state index < -0.39 is 0 Å². The van der Waals surface area contributed by atoms with E-state index >= 15 is 0 Å². The molecule has 0 amide bonds. The Morgan fingerprint density at radius 3 is 2.47 bits per heavy atom. The number of aryl methyl sites for hydroxylation is 2. The summed E-state index contributed by atoms with van der Waals surface area (Å²) in [6.45, 7) is 8.18. The molecule has 0 fully saturated rings. The van der Waals surface area contributed by atoms with Gasteiger partial charge in [0.1, 0.15) is 0 Å². The summed E-state index contributed by atoms with van der Waals surface area (Å²) in [6, 6.07) is 0. The molecule has 4 heteroatoms. The quantitative estimate of drug-likeness (QED) is 0.648. The third-order valence-corrected chi connectivity index (χ3v) is 2.06. The second kappa shape index (κ2) is 6.58. The maximum absolute atomic E-state index is 5.45. The first-order valence-corrected chi connectivity index (χ1v) is 5.48. The molecule has 4 nitrogen and oxygen atoms in total. The van der Waals surface area contributed by atoms with Crippen molar-refractivity contribution in [3.8, 4) is 0 Å². The van der Waals surface area contributed by atoms with Crippen LogP contribution in [-0.4, -0.2) is 29.3 Å². The largest absolute Gasteiger partial charge is 0.353 e. The van der Waals surface area contributed by atoms with Crippen molar-refractivity contribution < 1.29 is 9.47 Å². The number of aromatic nitrogens is 2. The van der Waals surface area contributed by atoms with Crippen LogP contribution in [0.2, 0.25) is 0 Å². The first-order chi connectivity index (χ1) is 7.26. The van der Waals surface area contributed by atoms with Crippen molar-refractivity contribution in [1.82, 2.24) is 9.78 Å². The summed E-state index contributed by atoms with van der Waals surface area (Å²) in [7, 11) is 0. The Labute approximate surface area is 91.2 Å². The molecule has 0 spiro atoms. The van der Waals surface area contributed by atoms with E-state index in [0.717, 1.165) is 13.0 Å². The fraction of sp³-hybridized carbons (Fsp3) is 0.727. The molecule has 0 aliphatic heterocycles. The minimum Gasteiger partial charge on any atom is -0.353 e. The molecule has 1 aromatic rings. The van der Waals surface area contributed by atoms with Crippen molar-refractivity contribution in [3.05, 3.63) is 18.0 Å². The minimum absolute atomic E-state index is 0.107. The van der Waals surface area contributed by atoms with Crippen LogP contribution in [0.1, 0.15) is 25.8 Å². The molecule has 0 saturated carbocycles. The summed E-state index contributed by atoms with van der Waals surface area (Å²) in [5.74, 6) is 0. The molecule has 15 heavy (non-hydrogen) atoms. The molecule has 0 unspecified atom stereocenters. The van der Waals surface area contributed by atoms with Crippen molar-refractivity contribution in [1.29, 1.82) is 0 Å². The van der Waals surface area contributed by atoms with Crippen molar-refractivity contribution in [2.75, 3.05) is 13.2 Å². The molecular formula is C11H20N2O2. The van der Waals surface area contributed by atoms with Gasteiger partial charge in [-0.05, 0) is 26.3 Å². The zero-order chi connectivity index (χ0) is 11.1. The monoisotopic (exact) mass is 212 g/mol. The minimum atomic E-state index is -0.107. The van der Waals surface area contributed by atoms with Crippen LogP contribution in [0.4, 0.5) is 0 Å². The maximum atomic E-state index is 5.45. The molecule has 1 rings (SSSR count). The van der Waals surface area contributed by atoms with Crippen molar-refractivity contribution in [2.24, 2.45) is 0 Å². The van der Waals surface area contributed by atoms with Crippen LogP contribution in [-0.2, 0) is 16.0 Å². The van der Waals surface area contributed by atoms with E-state index in [9.17, 15) is 0 Å². The molecule has 0 aliphatic carbocycles. The Balaban J connectivity index is 2.32. The van der Waals surface area contributed by atoms with Crippen LogP contribution in [0.25, 0.3) is 0 Å². The van der Waals surface area contributed by atoms with Gasteiger partial charge in [0, 0.05) is 32.4 Å². The molecule has 1 heterocycles. The number of hydrogen-bond donors (Lipinski definition) is 0. The summed E-state index contributed by atoms with van der Waals surface area (Å²) in [5.41, 5.74) is 1.18. The molecule has 1 aromatic heterocycles. The van der Waals surface area contributed by atoms with E-state index in [1.165, 1.54) is 5.56 Å². The van der Waals surface area contributed by atoms with Gasteiger partial charge in [-0.3, -0.25) is 4.68 Å². The van der Waals surface area contributed by atoms with Crippen molar-refractivity contribution in [3.63, 3.8) is 0 Å². The van der Waals surface area contributed by atoms with E-state index in [1.807, 2.05) is 37.8 Å². The van der Waals surface area contributed by atoms with Crippen LogP contribution in [0, 0.1) is 6.92 Å². The lowest BCUT2D eigenvalue weighted by molar-refractivity contribution is -0.141. The first-order valence-electron chi connectivity index (χ1n) is 5.48. The topological polar surface area (TPSA) is 36.3 Å². The Kier molecular flexibility index (Phi) is 5.36. The number of hydrogen-bond acceptors (Lipinski definition) is 3. The van der Waals surface area contributed by atoms with Gasteiger partial charge in [0.25, 0.3) is 0 Å². The Hall–Kier alpha value is -0.870. The SMILES string of the molecule is CCOC(CCn1cc(C)cn1)OCC. The van der Waals surface area contributed by atoms with Gasteiger partial charge in [0.05, 0.1) is 6.20 Å². The van der Waals surface area contributed by atoms with E-state index in [1.54, 1.807) is 0 Å². The van der Waals surface area contributed by atoms with Crippen molar-refractivity contribution in [2.45, 2.75) is 40.0 Å². The smallest absolute Gasteiger partial charge is 0.159 e. The van der Waals surface area contributed by atoms with Crippen LogP contribution in [0.5, 0.6) is 0 Å². The van der Waals surface area contributed by atoms with Crippen LogP contribution in [0.3, 0.4) is 0 Å². The summed E-state index contributed by atoms with van der Waals surface area (Å²) >= 11 is 0. The Bertz CT molecular complexity index is 267. The molecule has 0 saturated heterocycles. The van der Waals surface area contributed by atoms with Crippen molar-refractivity contribution >= 4 is 0 Å². The fourth-order valence-corrected chi connectivity index (χ4v) is 1.41. The first kappa shape index (κ1) is 12.2. The summed E-state index contributed by atoms with van der Waals surface area (Å²) in [4.78, 5) is 0. The fourth-order valence-electron chi connectivity index (χ4n) is 1.41. The van der Waals surface area contributed by atoms with Gasteiger partial charge in [-0.25, -0.2) is 0 Å². The summed E-state index contributed by atoms with van der Waals surface area (Å²) in [5, 5.41) is 4.21. The van der Waals surface area contributed by atoms with Crippen LogP contribution < -0.4 is 0 Å². The lowest BCUT2D eigenvalue weighted by Crippen LogP contribution is -2.19. The maximum Gasteiger partial charge on any atom is 0.159 e. The van der Waals surface area contributed by atoms with E-state index in [2.05, 4.69) is 5.10 Å². The zero-order valence-electron chi connectivity index (χ0n) is 9.77. The highest BCUT2D eigenvalue weighted by Crippen LogP contribution is 2.04. The average molecular weight is 212 g/mol. The van der Waals surface area contributed by atoms with Gasteiger partial charge in [0.15, 0.2) is 6.29 Å². The van der Waals surface area contributed by atoms with Gasteiger partial charge in [-0.1, -0.05) is 0 Å². The number of rotatable bonds is 7. The van der Waals surface area contributed by atoms with E-state index in [-0.39, 0.29) is 6.29 Å². The van der Waals surface area contributed by atoms with Gasteiger partial charge in [-0.2, -0.15) is 5.10 Å². The van der Waals surface area contributed by atoms with E-state index in [0.29, 0.717) is 13.2 Å². The van der Waals surface area contributed by atoms with Gasteiger partial charge in [-0.15, -0.1) is 0 Å². The Morgan fingerprint density at radius 1 is 1.33 bits per heavy atom. The normalized spacial score (nSPS) is 11.2. The van der Waals surface area contributed by atoms with Crippen LogP contribution >= 0.6 is 0 Å². The lowest BCUT2D eigenvalue weighted by Gasteiger charge is -2.16. The van der Waals surface area contributed by atoms with E-state index in [4.69, 9.17) is 9.47 Å². The molecule has 0 aromatic carbocycles. The predicted molar refractivity (Wildman–Crippen MR) is 58.6 cm³/mol. The standard InChI is InChI=1S/C11H20N2O2/c1-4-14-11(15-5-2)6-7-13-9-10(3)8-12-13/h8-9,11H,4-7H2,1-3H3. The predicted octanol–water partition coefficient (Wildman–Crippen LogP) is 1.98. The van der Waals surface area contributed by atoms with Gasteiger partial charge < -0.3 is 9.47 Å². The summed E-state index contributed by atoms with van der Waals surface area (Å²) < 4.78 is 12.8. The third-order valence-electron chi connectivity index (χ3n) is 2.06. The molecule has 0 bridgehead atoms. The molecule has 0 aliphatic rings. The highest BCUT2D eigenvalue weighted by molar-refractivity contribution is 4.99. The molecule has 0 atom stereocenters. The molecule has 86 valence electrons. The second-order valence-corrected chi connectivity index (χ2v) is 3.41. The zero-order valence-corrected chi connectivity index (χ0v) is 9.77. The van der Waals surface area contributed by atoms with Gasteiger partial charge >= 0.3 is 0 Å². The highest BCUT2D eigenvalue weighted by atomic mass is 16.7. The lowest BCUT2D eigenvalue weighted by atomic mass is 10.4. The number of nitrogens with zero attached hydrogens (tertiary/aromatic N) is 2. The second-order valence-electron chi connectivity index (χ2n) is 3.41. The third kappa shape index (κ3) is 4.44. The average Bonchev–Trinajstić information content (AvgIpc) is 2.61. The van der Waals surface area contributed by atoms with Gasteiger partial charge in [0.2, 0.25) is 0 Å². The number of ether oxygens (including phenoxy) is 2. The molecule has 0 N–H and O–H groups in total. The highest BCUT2D eigenvalue weighted by Gasteiger charge is 2.07. The molecule has 0 radical (unpaired) electrons. The Morgan fingerprint density at radius 2 is 2.00 bits per heavy atom. The summed E-state index contributed by atoms with van der Waals surface area (Å²) in [6.07, 6.45) is 4.61. The molecular weight excluding hydrogens is 192 g/mol. The van der Waals surface area contributed by atoms with Crippen LogP contribution in [0.15, 0.2) is 12.4 Å².